The standard InChI is InChI=1S/C13H21NO2.C2H6O.C2H6/c1-3-14(4-2)10-13(15)16-11-12-8-6-5-7-9-12;1-2-3;1-2/h5-9,13,15H,3-4,10-11H2,1-2H3;3H,2H2,1H3;1-2H3. The Bertz CT molecular complexity index is 289. The van der Waals surface area contributed by atoms with Gasteiger partial charge in [0.1, 0.15) is 0 Å². The number of nitrogens with zero attached hydrogens (tertiary/aromatic N) is 1. The molecule has 0 fully saturated rings. The van der Waals surface area contributed by atoms with E-state index in [1.165, 1.54) is 0 Å². The summed E-state index contributed by atoms with van der Waals surface area (Å²) in [5.41, 5.74) is 1.08. The molecule has 21 heavy (non-hydrogen) atoms. The van der Waals surface area contributed by atoms with Crippen LogP contribution in [0.1, 0.15) is 40.2 Å². The lowest BCUT2D eigenvalue weighted by atomic mass is 10.2. The van der Waals surface area contributed by atoms with Crippen molar-refractivity contribution in [3.05, 3.63) is 35.9 Å². The highest BCUT2D eigenvalue weighted by Gasteiger charge is 2.08. The SMILES string of the molecule is CC.CCN(CC)CC(O)OCc1ccccc1.CCO. The zero-order valence-electron chi connectivity index (χ0n) is 14.2. The lowest BCUT2D eigenvalue weighted by Crippen LogP contribution is -2.33. The molecule has 1 aromatic rings. The number of aliphatic hydroxyl groups is 2. The Hall–Kier alpha value is -0.940. The van der Waals surface area contributed by atoms with Crippen LogP contribution in [-0.4, -0.2) is 47.6 Å². The minimum atomic E-state index is -0.708. The van der Waals surface area contributed by atoms with E-state index in [1.807, 2.05) is 44.2 Å². The van der Waals surface area contributed by atoms with Crippen LogP contribution in [-0.2, 0) is 11.3 Å². The molecule has 0 heterocycles. The molecule has 1 atom stereocenters. The quantitative estimate of drug-likeness (QED) is 0.760. The van der Waals surface area contributed by atoms with Crippen LogP contribution in [0.4, 0.5) is 0 Å². The summed E-state index contributed by atoms with van der Waals surface area (Å²) < 4.78 is 5.38. The Labute approximate surface area is 130 Å². The lowest BCUT2D eigenvalue weighted by Gasteiger charge is -2.21. The van der Waals surface area contributed by atoms with E-state index in [0.29, 0.717) is 13.2 Å². The highest BCUT2D eigenvalue weighted by atomic mass is 16.6. The number of aliphatic hydroxyl groups excluding tert-OH is 2. The Morgan fingerprint density at radius 1 is 1.05 bits per heavy atom. The van der Waals surface area contributed by atoms with Gasteiger partial charge >= 0.3 is 0 Å². The Kier molecular flexibility index (Phi) is 18.2. The van der Waals surface area contributed by atoms with Gasteiger partial charge in [-0.3, -0.25) is 4.90 Å². The fraction of sp³-hybridized carbons (Fsp3) is 0.647. The summed E-state index contributed by atoms with van der Waals surface area (Å²) in [6, 6.07) is 9.88. The van der Waals surface area contributed by atoms with Crippen molar-refractivity contribution >= 4 is 0 Å². The van der Waals surface area contributed by atoms with Crippen LogP contribution in [0.3, 0.4) is 0 Å². The van der Waals surface area contributed by atoms with E-state index in [4.69, 9.17) is 9.84 Å². The largest absolute Gasteiger partial charge is 0.397 e. The smallest absolute Gasteiger partial charge is 0.167 e. The van der Waals surface area contributed by atoms with Crippen LogP contribution < -0.4 is 0 Å². The third-order valence-corrected chi connectivity index (χ3v) is 2.59. The van der Waals surface area contributed by atoms with Gasteiger partial charge in [0.2, 0.25) is 0 Å². The molecule has 1 rings (SSSR count). The number of likely N-dealkylation sites (N-methyl/N-ethyl adjacent to an activating group) is 1. The van der Waals surface area contributed by atoms with Gasteiger partial charge in [-0.2, -0.15) is 0 Å². The summed E-state index contributed by atoms with van der Waals surface area (Å²) in [7, 11) is 0. The van der Waals surface area contributed by atoms with Crippen molar-refractivity contribution in [3.8, 4) is 0 Å². The molecule has 0 saturated heterocycles. The average Bonchev–Trinajstić information content (AvgIpc) is 2.54. The van der Waals surface area contributed by atoms with E-state index in [9.17, 15) is 5.11 Å². The van der Waals surface area contributed by atoms with Crippen LogP contribution in [0.2, 0.25) is 0 Å². The molecule has 0 radical (unpaired) electrons. The molecule has 1 unspecified atom stereocenters. The molecule has 0 aromatic heterocycles. The summed E-state index contributed by atoms with van der Waals surface area (Å²) in [6.07, 6.45) is -0.708. The van der Waals surface area contributed by atoms with E-state index in [2.05, 4.69) is 18.7 Å². The van der Waals surface area contributed by atoms with Crippen LogP contribution in [0.5, 0.6) is 0 Å². The van der Waals surface area contributed by atoms with Gasteiger partial charge < -0.3 is 14.9 Å². The molecular weight excluding hydrogens is 266 g/mol. The highest BCUT2D eigenvalue weighted by Crippen LogP contribution is 2.03. The topological polar surface area (TPSA) is 52.9 Å². The maximum atomic E-state index is 9.68. The first-order valence-electron chi connectivity index (χ1n) is 7.84. The third kappa shape index (κ3) is 13.8. The van der Waals surface area contributed by atoms with Gasteiger partial charge in [-0.15, -0.1) is 0 Å². The molecule has 0 aliphatic carbocycles. The van der Waals surface area contributed by atoms with Gasteiger partial charge in [0, 0.05) is 13.2 Å². The number of hydrogen-bond donors (Lipinski definition) is 2. The summed E-state index contributed by atoms with van der Waals surface area (Å²) in [4.78, 5) is 2.13. The predicted molar refractivity (Wildman–Crippen MR) is 89.1 cm³/mol. The molecule has 0 saturated carbocycles. The predicted octanol–water partition coefficient (Wildman–Crippen LogP) is 2.89. The second-order valence-corrected chi connectivity index (χ2v) is 4.05. The van der Waals surface area contributed by atoms with E-state index in [-0.39, 0.29) is 6.61 Å². The van der Waals surface area contributed by atoms with E-state index < -0.39 is 6.29 Å². The van der Waals surface area contributed by atoms with E-state index >= 15 is 0 Å². The van der Waals surface area contributed by atoms with Crippen molar-refractivity contribution < 1.29 is 14.9 Å². The van der Waals surface area contributed by atoms with E-state index in [0.717, 1.165) is 18.7 Å². The molecule has 4 heteroatoms. The number of ether oxygens (including phenoxy) is 1. The van der Waals surface area contributed by atoms with Crippen LogP contribution in [0, 0.1) is 0 Å². The normalized spacial score (nSPS) is 11.0. The molecular formula is C17H33NO3. The van der Waals surface area contributed by atoms with Crippen molar-refractivity contribution in [3.63, 3.8) is 0 Å². The molecule has 2 N–H and O–H groups in total. The van der Waals surface area contributed by atoms with Gasteiger partial charge in [-0.25, -0.2) is 0 Å². The molecule has 0 bridgehead atoms. The fourth-order valence-electron chi connectivity index (χ4n) is 1.52. The molecule has 0 aliphatic rings. The Balaban J connectivity index is 0. The summed E-state index contributed by atoms with van der Waals surface area (Å²) in [6.45, 7) is 13.0. The van der Waals surface area contributed by atoms with Crippen molar-refractivity contribution in [1.82, 2.24) is 4.90 Å². The molecule has 124 valence electrons. The Morgan fingerprint density at radius 2 is 1.52 bits per heavy atom. The molecule has 0 spiro atoms. The van der Waals surface area contributed by atoms with Crippen molar-refractivity contribution in [1.29, 1.82) is 0 Å². The maximum Gasteiger partial charge on any atom is 0.167 e. The summed E-state index contributed by atoms with van der Waals surface area (Å²) in [5, 5.41) is 17.2. The van der Waals surface area contributed by atoms with Gasteiger partial charge in [0.05, 0.1) is 6.61 Å². The zero-order valence-corrected chi connectivity index (χ0v) is 14.2. The summed E-state index contributed by atoms with van der Waals surface area (Å²) in [5.74, 6) is 0. The lowest BCUT2D eigenvalue weighted by molar-refractivity contribution is -0.120. The fourth-order valence-corrected chi connectivity index (χ4v) is 1.52. The molecule has 4 nitrogen and oxygen atoms in total. The van der Waals surface area contributed by atoms with Gasteiger partial charge in [0.15, 0.2) is 6.29 Å². The van der Waals surface area contributed by atoms with Crippen LogP contribution >= 0.6 is 0 Å². The third-order valence-electron chi connectivity index (χ3n) is 2.59. The minimum Gasteiger partial charge on any atom is -0.397 e. The van der Waals surface area contributed by atoms with Gasteiger partial charge in [-0.05, 0) is 25.6 Å². The maximum absolute atomic E-state index is 9.68. The highest BCUT2D eigenvalue weighted by molar-refractivity contribution is 5.13. The Morgan fingerprint density at radius 3 is 1.95 bits per heavy atom. The summed E-state index contributed by atoms with van der Waals surface area (Å²) >= 11 is 0. The average molecular weight is 299 g/mol. The van der Waals surface area contributed by atoms with Crippen molar-refractivity contribution in [2.45, 2.75) is 47.5 Å². The molecule has 0 amide bonds. The van der Waals surface area contributed by atoms with Crippen molar-refractivity contribution in [2.75, 3.05) is 26.2 Å². The molecule has 0 aliphatic heterocycles. The van der Waals surface area contributed by atoms with Gasteiger partial charge in [-0.1, -0.05) is 58.0 Å². The monoisotopic (exact) mass is 299 g/mol. The second kappa shape index (κ2) is 17.1. The first kappa shape index (κ1) is 22.3. The van der Waals surface area contributed by atoms with E-state index in [1.54, 1.807) is 6.92 Å². The van der Waals surface area contributed by atoms with Crippen LogP contribution in [0.25, 0.3) is 0 Å². The second-order valence-electron chi connectivity index (χ2n) is 4.05. The molecule has 1 aromatic carbocycles. The number of hydrogen-bond acceptors (Lipinski definition) is 4. The first-order chi connectivity index (χ1) is 10.2. The van der Waals surface area contributed by atoms with Gasteiger partial charge in [0.25, 0.3) is 0 Å². The number of benzene rings is 1. The van der Waals surface area contributed by atoms with Crippen LogP contribution in [0.15, 0.2) is 30.3 Å². The first-order valence-corrected chi connectivity index (χ1v) is 7.84. The minimum absolute atomic E-state index is 0.250. The van der Waals surface area contributed by atoms with Crippen molar-refractivity contribution in [2.24, 2.45) is 0 Å². The zero-order chi connectivity index (χ0) is 16.5. The number of rotatable bonds is 7.